The largest absolute Gasteiger partial charge is 0.465 e. The Balaban J connectivity index is 1.99. The summed E-state index contributed by atoms with van der Waals surface area (Å²) in [5.74, 6) is 0.162. The predicted molar refractivity (Wildman–Crippen MR) is 68.7 cm³/mol. The van der Waals surface area contributed by atoms with E-state index >= 15 is 0 Å². The topological polar surface area (TPSA) is 103 Å². The molecule has 0 aliphatic rings. The Labute approximate surface area is 109 Å². The number of nitrogens with one attached hydrogen (secondary N) is 1. The minimum atomic E-state index is -0.459. The van der Waals surface area contributed by atoms with Gasteiger partial charge in [0.1, 0.15) is 0 Å². The Morgan fingerprint density at radius 2 is 2.37 bits per heavy atom. The van der Waals surface area contributed by atoms with Gasteiger partial charge in [0, 0.05) is 24.3 Å². The Hall–Kier alpha value is -2.57. The van der Waals surface area contributed by atoms with Crippen molar-refractivity contribution in [3.63, 3.8) is 0 Å². The molecule has 0 aliphatic heterocycles. The number of anilines is 2. The predicted octanol–water partition coefficient (Wildman–Crippen LogP) is 1.09. The summed E-state index contributed by atoms with van der Waals surface area (Å²) in [6.45, 7) is 0.615. The van der Waals surface area contributed by atoms with Crippen LogP contribution >= 0.6 is 0 Å². The van der Waals surface area contributed by atoms with Gasteiger partial charge in [-0.25, -0.2) is 4.79 Å². The molecule has 0 saturated carbocycles. The quantitative estimate of drug-likeness (QED) is 0.614. The second-order valence-corrected chi connectivity index (χ2v) is 3.82. The lowest BCUT2D eigenvalue weighted by atomic mass is 10.1. The van der Waals surface area contributed by atoms with E-state index in [1.165, 1.54) is 13.5 Å². The molecule has 1 aromatic heterocycles. The van der Waals surface area contributed by atoms with Crippen molar-refractivity contribution < 1.29 is 14.1 Å². The molecule has 2 rings (SSSR count). The Bertz CT molecular complexity index is 554. The molecule has 0 radical (unpaired) electrons. The summed E-state index contributed by atoms with van der Waals surface area (Å²) in [6.07, 6.45) is 1.91. The molecule has 0 saturated heterocycles. The lowest BCUT2D eigenvalue weighted by Crippen LogP contribution is -2.09. The number of carbonyl (C=O) groups excluding carboxylic acids is 1. The highest BCUT2D eigenvalue weighted by atomic mass is 16.5. The van der Waals surface area contributed by atoms with Crippen LogP contribution in [-0.2, 0) is 11.2 Å². The number of esters is 1. The van der Waals surface area contributed by atoms with Gasteiger partial charge in [-0.1, -0.05) is 5.16 Å². The maximum atomic E-state index is 11.5. The van der Waals surface area contributed by atoms with Crippen molar-refractivity contribution in [2.45, 2.75) is 6.42 Å². The number of rotatable bonds is 5. The van der Waals surface area contributed by atoms with Crippen molar-refractivity contribution >= 4 is 17.3 Å². The SMILES string of the molecule is COC(=O)c1cc(NCCc2ncon2)ccc1N. The van der Waals surface area contributed by atoms with E-state index in [4.69, 9.17) is 5.73 Å². The fourth-order valence-electron chi connectivity index (χ4n) is 1.57. The summed E-state index contributed by atoms with van der Waals surface area (Å²) in [6, 6.07) is 5.10. The number of hydrogen-bond acceptors (Lipinski definition) is 7. The van der Waals surface area contributed by atoms with Crippen molar-refractivity contribution in [1.82, 2.24) is 10.1 Å². The molecule has 2 aromatic rings. The first-order valence-corrected chi connectivity index (χ1v) is 5.67. The number of nitrogens with two attached hydrogens (primary N) is 1. The number of aromatic nitrogens is 2. The maximum absolute atomic E-state index is 11.5. The smallest absolute Gasteiger partial charge is 0.340 e. The minimum Gasteiger partial charge on any atom is -0.465 e. The molecule has 0 unspecified atom stereocenters. The fraction of sp³-hybridized carbons (Fsp3) is 0.250. The maximum Gasteiger partial charge on any atom is 0.340 e. The van der Waals surface area contributed by atoms with Crippen molar-refractivity contribution in [1.29, 1.82) is 0 Å². The molecule has 0 spiro atoms. The van der Waals surface area contributed by atoms with E-state index in [1.54, 1.807) is 18.2 Å². The van der Waals surface area contributed by atoms with E-state index < -0.39 is 5.97 Å². The van der Waals surface area contributed by atoms with Gasteiger partial charge in [-0.05, 0) is 18.2 Å². The highest BCUT2D eigenvalue weighted by Crippen LogP contribution is 2.18. The highest BCUT2D eigenvalue weighted by molar-refractivity contribution is 5.96. The number of ether oxygens (including phenoxy) is 1. The summed E-state index contributed by atoms with van der Waals surface area (Å²) in [4.78, 5) is 15.4. The van der Waals surface area contributed by atoms with E-state index in [0.29, 0.717) is 30.0 Å². The van der Waals surface area contributed by atoms with E-state index in [2.05, 4.69) is 24.7 Å². The molecule has 3 N–H and O–H groups in total. The van der Waals surface area contributed by atoms with Gasteiger partial charge in [-0.15, -0.1) is 0 Å². The van der Waals surface area contributed by atoms with Gasteiger partial charge >= 0.3 is 5.97 Å². The van der Waals surface area contributed by atoms with Crippen molar-refractivity contribution in [2.24, 2.45) is 0 Å². The first-order chi connectivity index (χ1) is 9.20. The van der Waals surface area contributed by atoms with Crippen LogP contribution in [0.3, 0.4) is 0 Å². The molecule has 100 valence electrons. The second kappa shape index (κ2) is 5.85. The molecule has 1 heterocycles. The first kappa shape index (κ1) is 12.9. The molecule has 0 amide bonds. The number of carbonyl (C=O) groups is 1. The zero-order valence-corrected chi connectivity index (χ0v) is 10.4. The molecular formula is C12H14N4O3. The number of hydrogen-bond donors (Lipinski definition) is 2. The molecular weight excluding hydrogens is 248 g/mol. The Morgan fingerprint density at radius 1 is 1.53 bits per heavy atom. The zero-order chi connectivity index (χ0) is 13.7. The third kappa shape index (κ3) is 3.21. The second-order valence-electron chi connectivity index (χ2n) is 3.82. The van der Waals surface area contributed by atoms with E-state index in [0.717, 1.165) is 5.69 Å². The van der Waals surface area contributed by atoms with Gasteiger partial charge in [-0.3, -0.25) is 0 Å². The van der Waals surface area contributed by atoms with Gasteiger partial charge < -0.3 is 20.3 Å². The molecule has 0 fully saturated rings. The zero-order valence-electron chi connectivity index (χ0n) is 10.4. The van der Waals surface area contributed by atoms with Crippen LogP contribution in [0.25, 0.3) is 0 Å². The van der Waals surface area contributed by atoms with Crippen LogP contribution in [0.5, 0.6) is 0 Å². The van der Waals surface area contributed by atoms with E-state index in [9.17, 15) is 4.79 Å². The van der Waals surface area contributed by atoms with Crippen LogP contribution in [0.4, 0.5) is 11.4 Å². The molecule has 0 atom stereocenters. The highest BCUT2D eigenvalue weighted by Gasteiger charge is 2.10. The van der Waals surface area contributed by atoms with Crippen LogP contribution in [0, 0.1) is 0 Å². The summed E-state index contributed by atoms with van der Waals surface area (Å²) in [5, 5.41) is 6.84. The average molecular weight is 262 g/mol. The average Bonchev–Trinajstić information content (AvgIpc) is 2.93. The fourth-order valence-corrected chi connectivity index (χ4v) is 1.57. The lowest BCUT2D eigenvalue weighted by Gasteiger charge is -2.08. The van der Waals surface area contributed by atoms with Crippen LogP contribution in [0.1, 0.15) is 16.2 Å². The molecule has 7 heteroatoms. The van der Waals surface area contributed by atoms with Crippen molar-refractivity contribution in [2.75, 3.05) is 24.7 Å². The number of nitrogens with zero attached hydrogens (tertiary/aromatic N) is 2. The minimum absolute atomic E-state index is 0.340. The lowest BCUT2D eigenvalue weighted by molar-refractivity contribution is 0.0602. The van der Waals surface area contributed by atoms with Gasteiger partial charge in [0.2, 0.25) is 6.39 Å². The summed E-state index contributed by atoms with van der Waals surface area (Å²) >= 11 is 0. The Morgan fingerprint density at radius 3 is 3.05 bits per heavy atom. The monoisotopic (exact) mass is 262 g/mol. The Kier molecular flexibility index (Phi) is 3.97. The summed E-state index contributed by atoms with van der Waals surface area (Å²) in [7, 11) is 1.32. The van der Waals surface area contributed by atoms with Crippen LogP contribution in [-0.4, -0.2) is 29.8 Å². The summed E-state index contributed by atoms with van der Waals surface area (Å²) < 4.78 is 9.29. The van der Waals surface area contributed by atoms with Crippen LogP contribution < -0.4 is 11.1 Å². The van der Waals surface area contributed by atoms with E-state index in [-0.39, 0.29) is 0 Å². The normalized spacial score (nSPS) is 10.2. The molecule has 0 aliphatic carbocycles. The summed E-state index contributed by atoms with van der Waals surface area (Å²) in [5.41, 5.74) is 7.21. The number of nitrogen functional groups attached to an aromatic ring is 1. The van der Waals surface area contributed by atoms with Crippen molar-refractivity contribution in [3.05, 3.63) is 36.0 Å². The van der Waals surface area contributed by atoms with Gasteiger partial charge in [0.05, 0.1) is 12.7 Å². The van der Waals surface area contributed by atoms with E-state index in [1.807, 2.05) is 0 Å². The van der Waals surface area contributed by atoms with Crippen LogP contribution in [0.15, 0.2) is 29.1 Å². The van der Waals surface area contributed by atoms with Crippen molar-refractivity contribution in [3.8, 4) is 0 Å². The van der Waals surface area contributed by atoms with Gasteiger partial charge in [0.25, 0.3) is 0 Å². The molecule has 0 bridgehead atoms. The number of benzene rings is 1. The van der Waals surface area contributed by atoms with Gasteiger partial charge in [0.15, 0.2) is 5.82 Å². The first-order valence-electron chi connectivity index (χ1n) is 5.67. The molecule has 1 aromatic carbocycles. The van der Waals surface area contributed by atoms with Gasteiger partial charge in [-0.2, -0.15) is 4.98 Å². The standard InChI is InChI=1S/C12H14N4O3/c1-18-12(17)9-6-8(2-3-10(9)13)14-5-4-11-15-7-19-16-11/h2-3,6-7,14H,4-5,13H2,1H3. The van der Waals surface area contributed by atoms with Crippen LogP contribution in [0.2, 0.25) is 0 Å². The third-order valence-corrected chi connectivity index (χ3v) is 2.54. The molecule has 7 nitrogen and oxygen atoms in total. The third-order valence-electron chi connectivity index (χ3n) is 2.54. The molecule has 19 heavy (non-hydrogen) atoms. The number of methoxy groups -OCH3 is 1.